The van der Waals surface area contributed by atoms with Crippen molar-refractivity contribution in [2.45, 2.75) is 122 Å². The molecule has 1 heterocycles. The Hall–Kier alpha value is -2.35. The SMILES string of the molecule is CCCCCCCCC(c1nccn1CCCCCCC)C(C)(Cc1ccccc1)c1ccccc1. The lowest BCUT2D eigenvalue weighted by Gasteiger charge is -2.39. The summed E-state index contributed by atoms with van der Waals surface area (Å²) in [5.41, 5.74) is 2.83. The Morgan fingerprint density at radius 3 is 1.97 bits per heavy atom. The summed E-state index contributed by atoms with van der Waals surface area (Å²) in [5, 5.41) is 0. The maximum Gasteiger partial charge on any atom is 0.112 e. The Balaban J connectivity index is 1.89. The van der Waals surface area contributed by atoms with Crippen molar-refractivity contribution in [3.63, 3.8) is 0 Å². The summed E-state index contributed by atoms with van der Waals surface area (Å²) >= 11 is 0. The molecule has 0 spiro atoms. The van der Waals surface area contributed by atoms with E-state index >= 15 is 0 Å². The van der Waals surface area contributed by atoms with Gasteiger partial charge in [0, 0.05) is 30.3 Å². The molecule has 3 aromatic rings. The van der Waals surface area contributed by atoms with E-state index in [1.54, 1.807) is 0 Å². The minimum atomic E-state index is -0.0165. The van der Waals surface area contributed by atoms with Gasteiger partial charge < -0.3 is 4.57 Å². The van der Waals surface area contributed by atoms with Gasteiger partial charge >= 0.3 is 0 Å². The summed E-state index contributed by atoms with van der Waals surface area (Å²) in [7, 11) is 0. The molecule has 0 aliphatic carbocycles. The topological polar surface area (TPSA) is 17.8 Å². The number of rotatable bonds is 18. The molecule has 1 aromatic heterocycles. The van der Waals surface area contributed by atoms with E-state index in [0.29, 0.717) is 5.92 Å². The Morgan fingerprint density at radius 1 is 0.722 bits per heavy atom. The molecule has 0 N–H and O–H groups in total. The van der Waals surface area contributed by atoms with Crippen molar-refractivity contribution in [2.24, 2.45) is 0 Å². The lowest BCUT2D eigenvalue weighted by molar-refractivity contribution is 0.321. The predicted molar refractivity (Wildman–Crippen MR) is 156 cm³/mol. The lowest BCUT2D eigenvalue weighted by atomic mass is 9.66. The fraction of sp³-hybridized carbons (Fsp3) is 0.559. The van der Waals surface area contributed by atoms with Gasteiger partial charge in [-0.15, -0.1) is 0 Å². The molecule has 0 saturated heterocycles. The average Bonchev–Trinajstić information content (AvgIpc) is 3.37. The van der Waals surface area contributed by atoms with Crippen molar-refractivity contribution in [2.75, 3.05) is 0 Å². The minimum absolute atomic E-state index is 0.0165. The van der Waals surface area contributed by atoms with Crippen LogP contribution >= 0.6 is 0 Å². The van der Waals surface area contributed by atoms with Crippen LogP contribution in [0.1, 0.15) is 121 Å². The van der Waals surface area contributed by atoms with Crippen LogP contribution in [0.4, 0.5) is 0 Å². The summed E-state index contributed by atoms with van der Waals surface area (Å²) in [6, 6.07) is 22.3. The largest absolute Gasteiger partial charge is 0.335 e. The van der Waals surface area contributed by atoms with E-state index in [9.17, 15) is 0 Å². The van der Waals surface area contributed by atoms with Crippen molar-refractivity contribution < 1.29 is 0 Å². The van der Waals surface area contributed by atoms with E-state index in [4.69, 9.17) is 4.98 Å². The van der Waals surface area contributed by atoms with Crippen molar-refractivity contribution in [3.05, 3.63) is 90.0 Å². The van der Waals surface area contributed by atoms with Gasteiger partial charge in [-0.2, -0.15) is 0 Å². The van der Waals surface area contributed by atoms with Gasteiger partial charge in [-0.25, -0.2) is 4.98 Å². The molecule has 2 atom stereocenters. The second-order valence-electron chi connectivity index (χ2n) is 10.9. The summed E-state index contributed by atoms with van der Waals surface area (Å²) in [6.45, 7) is 8.17. The number of unbranched alkanes of at least 4 members (excludes halogenated alkanes) is 9. The van der Waals surface area contributed by atoms with Gasteiger partial charge in [-0.3, -0.25) is 0 Å². The van der Waals surface area contributed by atoms with Gasteiger partial charge in [0.1, 0.15) is 5.82 Å². The zero-order chi connectivity index (χ0) is 25.5. The minimum Gasteiger partial charge on any atom is -0.335 e. The highest BCUT2D eigenvalue weighted by Crippen LogP contribution is 2.44. The van der Waals surface area contributed by atoms with Crippen LogP contribution in [0, 0.1) is 0 Å². The number of benzene rings is 2. The molecule has 2 nitrogen and oxygen atoms in total. The quantitative estimate of drug-likeness (QED) is 0.164. The smallest absolute Gasteiger partial charge is 0.112 e. The molecule has 196 valence electrons. The zero-order valence-electron chi connectivity index (χ0n) is 23.3. The van der Waals surface area contributed by atoms with E-state index in [1.807, 2.05) is 6.20 Å². The molecule has 0 amide bonds. The van der Waals surface area contributed by atoms with Crippen LogP contribution < -0.4 is 0 Å². The molecule has 0 fully saturated rings. The monoisotopic (exact) mass is 486 g/mol. The van der Waals surface area contributed by atoms with E-state index in [0.717, 1.165) is 13.0 Å². The molecule has 2 aromatic carbocycles. The zero-order valence-corrected chi connectivity index (χ0v) is 23.3. The maximum atomic E-state index is 5.06. The van der Waals surface area contributed by atoms with E-state index in [-0.39, 0.29) is 5.41 Å². The van der Waals surface area contributed by atoms with Crippen molar-refractivity contribution in [1.29, 1.82) is 0 Å². The number of aryl methyl sites for hydroxylation is 1. The number of aromatic nitrogens is 2. The van der Waals surface area contributed by atoms with Gasteiger partial charge in [0.05, 0.1) is 0 Å². The van der Waals surface area contributed by atoms with Crippen LogP contribution in [0.3, 0.4) is 0 Å². The third kappa shape index (κ3) is 8.36. The number of hydrogen-bond acceptors (Lipinski definition) is 1. The highest BCUT2D eigenvalue weighted by Gasteiger charge is 2.39. The van der Waals surface area contributed by atoms with E-state index < -0.39 is 0 Å². The molecular formula is C34H50N2. The number of hydrogen-bond donors (Lipinski definition) is 0. The molecule has 0 radical (unpaired) electrons. The first kappa shape index (κ1) is 28.2. The Kier molecular flexibility index (Phi) is 12.3. The Bertz CT molecular complexity index is 946. The second kappa shape index (κ2) is 15.7. The van der Waals surface area contributed by atoms with Crippen molar-refractivity contribution >= 4 is 0 Å². The highest BCUT2D eigenvalue weighted by atomic mass is 15.1. The van der Waals surface area contributed by atoms with E-state index in [2.05, 4.69) is 92.2 Å². The molecule has 3 rings (SSSR count). The second-order valence-corrected chi connectivity index (χ2v) is 10.9. The van der Waals surface area contributed by atoms with Gasteiger partial charge in [0.15, 0.2) is 0 Å². The summed E-state index contributed by atoms with van der Waals surface area (Å²) < 4.78 is 2.49. The first-order valence-corrected chi connectivity index (χ1v) is 14.8. The first-order valence-electron chi connectivity index (χ1n) is 14.8. The third-order valence-electron chi connectivity index (χ3n) is 8.02. The highest BCUT2D eigenvalue weighted by molar-refractivity contribution is 5.33. The Morgan fingerprint density at radius 2 is 1.31 bits per heavy atom. The molecule has 0 saturated carbocycles. The molecule has 2 heteroatoms. The van der Waals surface area contributed by atoms with Crippen molar-refractivity contribution in [3.8, 4) is 0 Å². The summed E-state index contributed by atoms with van der Waals surface area (Å²) in [5.74, 6) is 1.68. The standard InChI is InChI=1S/C34H50N2/c1-4-6-8-10-11-19-25-32(33-35-26-28-36(33)27-20-12-9-7-5-2)34(3,31-23-17-14-18-24-31)29-30-21-15-13-16-22-30/h13-18,21-24,26,28,32H,4-12,19-20,25,27,29H2,1-3H3. The van der Waals surface area contributed by atoms with Crippen molar-refractivity contribution in [1.82, 2.24) is 9.55 Å². The van der Waals surface area contributed by atoms with Crippen LogP contribution in [0.15, 0.2) is 73.1 Å². The van der Waals surface area contributed by atoms with Crippen LogP contribution in [-0.2, 0) is 18.4 Å². The third-order valence-corrected chi connectivity index (χ3v) is 8.02. The molecular weight excluding hydrogens is 436 g/mol. The fourth-order valence-electron chi connectivity index (χ4n) is 5.83. The fourth-order valence-corrected chi connectivity index (χ4v) is 5.83. The predicted octanol–water partition coefficient (Wildman–Crippen LogP) is 9.89. The van der Waals surface area contributed by atoms with Crippen LogP contribution in [0.5, 0.6) is 0 Å². The number of imidazole rings is 1. The maximum absolute atomic E-state index is 5.06. The van der Waals surface area contributed by atoms with Crippen LogP contribution in [-0.4, -0.2) is 9.55 Å². The Labute approximate surface area is 221 Å². The molecule has 2 unspecified atom stereocenters. The van der Waals surface area contributed by atoms with Gasteiger partial charge in [0.2, 0.25) is 0 Å². The molecule has 0 aliphatic rings. The summed E-state index contributed by atoms with van der Waals surface area (Å²) in [6.07, 6.45) is 21.0. The summed E-state index contributed by atoms with van der Waals surface area (Å²) in [4.78, 5) is 5.06. The molecule has 36 heavy (non-hydrogen) atoms. The first-order chi connectivity index (χ1) is 17.7. The van der Waals surface area contributed by atoms with Crippen LogP contribution in [0.2, 0.25) is 0 Å². The molecule has 0 bridgehead atoms. The average molecular weight is 487 g/mol. The van der Waals surface area contributed by atoms with Gasteiger partial charge in [0.25, 0.3) is 0 Å². The van der Waals surface area contributed by atoms with Gasteiger partial charge in [-0.05, 0) is 30.4 Å². The van der Waals surface area contributed by atoms with Gasteiger partial charge in [-0.1, -0.05) is 146 Å². The normalized spacial score (nSPS) is 14.0. The lowest BCUT2D eigenvalue weighted by Crippen LogP contribution is -2.35. The van der Waals surface area contributed by atoms with E-state index in [1.165, 1.54) is 94.0 Å². The molecule has 0 aliphatic heterocycles. The number of nitrogens with zero attached hydrogens (tertiary/aromatic N) is 2. The van der Waals surface area contributed by atoms with Crippen LogP contribution in [0.25, 0.3) is 0 Å².